The van der Waals surface area contributed by atoms with Crippen molar-refractivity contribution < 1.29 is 13.2 Å². The number of nitrogens with zero attached hydrogens (tertiary/aromatic N) is 2. The molecule has 1 aromatic heterocycles. The number of anilines is 2. The molecule has 0 aliphatic carbocycles. The van der Waals surface area contributed by atoms with Crippen LogP contribution in [-0.4, -0.2) is 39.7 Å². The van der Waals surface area contributed by atoms with Crippen molar-refractivity contribution in [3.05, 3.63) is 47.5 Å². The Morgan fingerprint density at radius 3 is 2.63 bits per heavy atom. The molecular weight excluding hydrogens is 382 g/mol. The summed E-state index contributed by atoms with van der Waals surface area (Å²) in [6, 6.07) is 10.8. The van der Waals surface area contributed by atoms with Gasteiger partial charge < -0.3 is 9.64 Å². The normalized spacial score (nSPS) is 15.3. The number of fused-ring (bicyclic) bond motifs is 1. The highest BCUT2D eigenvalue weighted by Gasteiger charge is 2.19. The summed E-state index contributed by atoms with van der Waals surface area (Å²) < 4.78 is 34.6. The summed E-state index contributed by atoms with van der Waals surface area (Å²) in [4.78, 5) is 7.17. The van der Waals surface area contributed by atoms with Crippen LogP contribution in [0, 0.1) is 13.8 Å². The minimum atomic E-state index is -3.64. The number of hydrogen-bond acceptors (Lipinski definition) is 6. The van der Waals surface area contributed by atoms with Crippen molar-refractivity contribution in [1.29, 1.82) is 0 Å². The average Bonchev–Trinajstić information content (AvgIpc) is 3.05. The first-order valence-electron chi connectivity index (χ1n) is 8.76. The van der Waals surface area contributed by atoms with Crippen molar-refractivity contribution in [2.45, 2.75) is 18.7 Å². The molecule has 142 valence electrons. The molecule has 1 fully saturated rings. The molecule has 0 radical (unpaired) electrons. The van der Waals surface area contributed by atoms with E-state index in [2.05, 4.69) is 14.6 Å². The third-order valence-corrected chi connectivity index (χ3v) is 7.15. The molecule has 2 aromatic carbocycles. The number of hydrogen-bond donors (Lipinski definition) is 1. The largest absolute Gasteiger partial charge is 0.378 e. The number of aryl methyl sites for hydroxylation is 2. The van der Waals surface area contributed by atoms with Gasteiger partial charge in [-0.2, -0.15) is 0 Å². The van der Waals surface area contributed by atoms with Gasteiger partial charge in [0.25, 0.3) is 10.0 Å². The van der Waals surface area contributed by atoms with Gasteiger partial charge in [0.1, 0.15) is 0 Å². The van der Waals surface area contributed by atoms with Crippen LogP contribution in [0.2, 0.25) is 0 Å². The van der Waals surface area contributed by atoms with Crippen LogP contribution < -0.4 is 9.62 Å². The zero-order chi connectivity index (χ0) is 19.0. The van der Waals surface area contributed by atoms with Crippen LogP contribution in [-0.2, 0) is 14.8 Å². The molecular formula is C19H21N3O3S2. The van der Waals surface area contributed by atoms with Gasteiger partial charge in [0.2, 0.25) is 0 Å². The highest BCUT2D eigenvalue weighted by Crippen LogP contribution is 2.32. The van der Waals surface area contributed by atoms with Gasteiger partial charge in [-0.05, 0) is 43.7 Å². The smallest absolute Gasteiger partial charge is 0.262 e. The van der Waals surface area contributed by atoms with E-state index < -0.39 is 10.0 Å². The Bertz CT molecular complexity index is 1090. The monoisotopic (exact) mass is 403 g/mol. The maximum Gasteiger partial charge on any atom is 0.262 e. The van der Waals surface area contributed by atoms with Gasteiger partial charge in [-0.25, -0.2) is 13.4 Å². The Balaban J connectivity index is 1.61. The van der Waals surface area contributed by atoms with Crippen LogP contribution >= 0.6 is 11.3 Å². The quantitative estimate of drug-likeness (QED) is 0.721. The molecule has 1 N–H and O–H groups in total. The molecule has 1 aliphatic rings. The molecule has 0 amide bonds. The van der Waals surface area contributed by atoms with Gasteiger partial charge >= 0.3 is 0 Å². The zero-order valence-electron chi connectivity index (χ0n) is 15.2. The molecule has 0 saturated carbocycles. The SMILES string of the molecule is Cc1ccc(S(=O)(=O)Nc2ccc3nc(N4CCOCC4)sc3c2)c(C)c1. The van der Waals surface area contributed by atoms with E-state index >= 15 is 0 Å². The molecule has 0 unspecified atom stereocenters. The van der Waals surface area contributed by atoms with E-state index in [1.54, 1.807) is 23.5 Å². The third-order valence-electron chi connectivity index (χ3n) is 4.53. The van der Waals surface area contributed by atoms with E-state index in [4.69, 9.17) is 4.74 Å². The fourth-order valence-electron chi connectivity index (χ4n) is 3.18. The second-order valence-electron chi connectivity index (χ2n) is 6.65. The lowest BCUT2D eigenvalue weighted by Gasteiger charge is -2.25. The highest BCUT2D eigenvalue weighted by molar-refractivity contribution is 7.92. The molecule has 6 nitrogen and oxygen atoms in total. The Morgan fingerprint density at radius 1 is 1.11 bits per heavy atom. The molecule has 2 heterocycles. The predicted octanol–water partition coefficient (Wildman–Crippen LogP) is 3.55. The van der Waals surface area contributed by atoms with Gasteiger partial charge in [0, 0.05) is 13.1 Å². The molecule has 0 bridgehead atoms. The number of thiazole rings is 1. The molecule has 0 spiro atoms. The van der Waals surface area contributed by atoms with Gasteiger partial charge in [-0.1, -0.05) is 29.0 Å². The Kier molecular flexibility index (Phi) is 4.79. The molecule has 1 saturated heterocycles. The van der Waals surface area contributed by atoms with Crippen LogP contribution in [0.1, 0.15) is 11.1 Å². The van der Waals surface area contributed by atoms with Gasteiger partial charge in [-0.15, -0.1) is 0 Å². The Labute approximate surface area is 162 Å². The van der Waals surface area contributed by atoms with E-state index in [1.165, 1.54) is 0 Å². The van der Waals surface area contributed by atoms with Gasteiger partial charge in [0.15, 0.2) is 5.13 Å². The number of rotatable bonds is 4. The maximum absolute atomic E-state index is 12.8. The van der Waals surface area contributed by atoms with Crippen LogP contribution in [0.3, 0.4) is 0 Å². The van der Waals surface area contributed by atoms with Gasteiger partial charge in [-0.3, -0.25) is 4.72 Å². The number of morpholine rings is 1. The average molecular weight is 404 g/mol. The van der Waals surface area contributed by atoms with E-state index in [0.29, 0.717) is 23.8 Å². The number of ether oxygens (including phenoxy) is 1. The Hall–Kier alpha value is -2.16. The summed E-state index contributed by atoms with van der Waals surface area (Å²) in [7, 11) is -3.64. The van der Waals surface area contributed by atoms with Crippen molar-refractivity contribution in [1.82, 2.24) is 4.98 Å². The molecule has 8 heteroatoms. The third kappa shape index (κ3) is 3.78. The zero-order valence-corrected chi connectivity index (χ0v) is 16.9. The van der Waals surface area contributed by atoms with E-state index in [1.807, 2.05) is 38.1 Å². The first kappa shape index (κ1) is 18.2. The fourth-order valence-corrected chi connectivity index (χ4v) is 5.51. The lowest BCUT2D eigenvalue weighted by Crippen LogP contribution is -2.36. The summed E-state index contributed by atoms with van der Waals surface area (Å²) in [6.07, 6.45) is 0. The van der Waals surface area contributed by atoms with Crippen LogP contribution in [0.25, 0.3) is 10.2 Å². The summed E-state index contributed by atoms with van der Waals surface area (Å²) in [6.45, 7) is 6.81. The number of aromatic nitrogens is 1. The van der Waals surface area contributed by atoms with Crippen LogP contribution in [0.15, 0.2) is 41.3 Å². The van der Waals surface area contributed by atoms with Crippen molar-refractivity contribution in [3.8, 4) is 0 Å². The van der Waals surface area contributed by atoms with Crippen molar-refractivity contribution in [3.63, 3.8) is 0 Å². The van der Waals surface area contributed by atoms with E-state index in [9.17, 15) is 8.42 Å². The number of nitrogens with one attached hydrogen (secondary N) is 1. The van der Waals surface area contributed by atoms with Crippen molar-refractivity contribution in [2.24, 2.45) is 0 Å². The minimum absolute atomic E-state index is 0.298. The predicted molar refractivity (Wildman–Crippen MR) is 109 cm³/mol. The molecule has 0 atom stereocenters. The van der Waals surface area contributed by atoms with Crippen LogP contribution in [0.4, 0.5) is 10.8 Å². The molecule has 4 rings (SSSR count). The summed E-state index contributed by atoms with van der Waals surface area (Å²) >= 11 is 1.57. The summed E-state index contributed by atoms with van der Waals surface area (Å²) in [5.41, 5.74) is 3.18. The molecule has 1 aliphatic heterocycles. The Morgan fingerprint density at radius 2 is 1.89 bits per heavy atom. The van der Waals surface area contributed by atoms with Crippen molar-refractivity contribution in [2.75, 3.05) is 35.9 Å². The summed E-state index contributed by atoms with van der Waals surface area (Å²) in [5, 5.41) is 0.947. The highest BCUT2D eigenvalue weighted by atomic mass is 32.2. The van der Waals surface area contributed by atoms with Crippen molar-refractivity contribution >= 4 is 42.4 Å². The van der Waals surface area contributed by atoms with Crippen LogP contribution in [0.5, 0.6) is 0 Å². The topological polar surface area (TPSA) is 71.5 Å². The second kappa shape index (κ2) is 7.10. The maximum atomic E-state index is 12.8. The molecule has 27 heavy (non-hydrogen) atoms. The first-order valence-corrected chi connectivity index (χ1v) is 11.1. The number of benzene rings is 2. The number of sulfonamides is 1. The standard InChI is InChI=1S/C19H21N3O3S2/c1-13-3-6-18(14(2)11-13)27(23,24)21-15-4-5-16-17(12-15)26-19(20-16)22-7-9-25-10-8-22/h3-6,11-12,21H,7-10H2,1-2H3. The lowest BCUT2D eigenvalue weighted by atomic mass is 10.2. The molecule has 3 aromatic rings. The second-order valence-corrected chi connectivity index (χ2v) is 9.31. The van der Waals surface area contributed by atoms with Gasteiger partial charge in [0.05, 0.1) is 34.0 Å². The first-order chi connectivity index (χ1) is 12.9. The fraction of sp³-hybridized carbons (Fsp3) is 0.316. The minimum Gasteiger partial charge on any atom is -0.378 e. The lowest BCUT2D eigenvalue weighted by molar-refractivity contribution is 0.122. The van der Waals surface area contributed by atoms with E-state index in [-0.39, 0.29) is 0 Å². The summed E-state index contributed by atoms with van der Waals surface area (Å²) in [5.74, 6) is 0. The van der Waals surface area contributed by atoms with E-state index in [0.717, 1.165) is 39.6 Å².